The van der Waals surface area contributed by atoms with Crippen LogP contribution in [-0.2, 0) is 54.4 Å². The average Bonchev–Trinajstić information content (AvgIpc) is 3.50. The van der Waals surface area contributed by atoms with Crippen LogP contribution in [-0.4, -0.2) is 76.6 Å². The number of benzene rings is 1. The highest BCUT2D eigenvalue weighted by Gasteiger charge is 2.67. The van der Waals surface area contributed by atoms with E-state index in [2.05, 4.69) is 17.2 Å². The molecule has 1 amide bonds. The van der Waals surface area contributed by atoms with Crippen LogP contribution in [0.2, 0.25) is 0 Å². The van der Waals surface area contributed by atoms with Crippen LogP contribution in [0.15, 0.2) is 35.2 Å². The normalized spacial score (nSPS) is 41.7. The number of carbonyl (C=O) groups is 3. The number of hydrogen-bond acceptors (Lipinski definition) is 13. The van der Waals surface area contributed by atoms with Gasteiger partial charge in [-0.15, -0.1) is 11.3 Å². The van der Waals surface area contributed by atoms with Gasteiger partial charge in [0.2, 0.25) is 11.6 Å². The van der Waals surface area contributed by atoms with Crippen LogP contribution in [0.5, 0.6) is 0 Å². The molecule has 0 radical (unpaired) electrons. The molecule has 9 atom stereocenters. The molecular formula is C50H66N2O11S. The monoisotopic (exact) mass is 902 g/mol. The number of ether oxygens (including phenoxy) is 6. The van der Waals surface area contributed by atoms with Crippen molar-refractivity contribution in [2.24, 2.45) is 35.0 Å². The second-order valence-electron chi connectivity index (χ2n) is 21.4. The molecule has 13 nitrogen and oxygen atoms in total. The van der Waals surface area contributed by atoms with E-state index in [-0.39, 0.29) is 36.6 Å². The minimum absolute atomic E-state index is 0.0122. The number of nitrogens with zero attached hydrogens (tertiary/aromatic N) is 1. The van der Waals surface area contributed by atoms with Gasteiger partial charge in [-0.05, 0) is 126 Å². The highest BCUT2D eigenvalue weighted by molar-refractivity contribution is 7.09. The predicted molar refractivity (Wildman–Crippen MR) is 236 cm³/mol. The largest absolute Gasteiger partial charge is 0.458 e. The summed E-state index contributed by atoms with van der Waals surface area (Å²) >= 11 is 1.58. The summed E-state index contributed by atoms with van der Waals surface area (Å²) in [5, 5.41) is 5.86. The van der Waals surface area contributed by atoms with Crippen molar-refractivity contribution in [2.75, 3.05) is 5.32 Å². The minimum Gasteiger partial charge on any atom is -0.458 e. The highest BCUT2D eigenvalue weighted by Crippen LogP contribution is 2.64. The molecule has 2 spiro atoms. The number of esters is 1. The Labute approximate surface area is 380 Å². The number of fused-ring (bicyclic) bond motifs is 3. The number of ketones is 1. The molecule has 11 rings (SSSR count). The molecule has 5 saturated carbocycles. The van der Waals surface area contributed by atoms with Gasteiger partial charge in [0, 0.05) is 48.1 Å². The lowest BCUT2D eigenvalue weighted by Gasteiger charge is -2.57. The van der Waals surface area contributed by atoms with Crippen molar-refractivity contribution in [3.63, 3.8) is 0 Å². The Morgan fingerprint density at radius 1 is 0.953 bits per heavy atom. The topological polar surface area (TPSA) is 153 Å². The maximum atomic E-state index is 14.3. The number of amides is 1. The van der Waals surface area contributed by atoms with Gasteiger partial charge in [-0.25, -0.2) is 9.78 Å². The molecule has 5 aliphatic carbocycles. The van der Waals surface area contributed by atoms with E-state index in [1.165, 1.54) is 6.42 Å². The number of carbonyl (C=O) groups excluding carboxylic acids is 3. The van der Waals surface area contributed by atoms with E-state index in [1.54, 1.807) is 11.3 Å². The maximum Gasteiger partial charge on any atom is 0.411 e. The zero-order chi connectivity index (χ0) is 44.6. The number of epoxide rings is 1. The summed E-state index contributed by atoms with van der Waals surface area (Å²) in [4.78, 5) is 58.2. The molecular weight excluding hydrogens is 837 g/mol. The second kappa shape index (κ2) is 17.1. The van der Waals surface area contributed by atoms with Gasteiger partial charge in [-0.2, -0.15) is 9.78 Å². The van der Waals surface area contributed by atoms with E-state index >= 15 is 0 Å². The van der Waals surface area contributed by atoms with Crippen molar-refractivity contribution in [1.29, 1.82) is 0 Å². The van der Waals surface area contributed by atoms with E-state index < -0.39 is 59.4 Å². The average molecular weight is 903 g/mol. The Balaban J connectivity index is 0.761. The molecule has 14 heteroatoms. The summed E-state index contributed by atoms with van der Waals surface area (Å²) in [5.41, 5.74) is 1.90. The first-order valence-electron chi connectivity index (χ1n) is 24.0. The maximum absolute atomic E-state index is 14.3. The third kappa shape index (κ3) is 8.74. The number of rotatable bonds is 7. The predicted octanol–water partition coefficient (Wildman–Crippen LogP) is 9.79. The number of anilines is 1. The van der Waals surface area contributed by atoms with Crippen LogP contribution in [0.1, 0.15) is 141 Å². The fraction of sp³-hybridized carbons (Fsp3) is 0.720. The van der Waals surface area contributed by atoms with Gasteiger partial charge in [-0.3, -0.25) is 14.9 Å². The molecule has 348 valence electrons. The minimum atomic E-state index is -0.966. The summed E-state index contributed by atoms with van der Waals surface area (Å²) in [6.07, 6.45) is 10.2. The van der Waals surface area contributed by atoms with Crippen LogP contribution in [0.3, 0.4) is 0 Å². The molecule has 1 unspecified atom stereocenters. The summed E-state index contributed by atoms with van der Waals surface area (Å²) in [6, 6.07) is 7.45. The molecule has 9 fully saturated rings. The Morgan fingerprint density at radius 2 is 1.69 bits per heavy atom. The number of cyclic esters (lactones) is 1. The second-order valence-corrected chi connectivity index (χ2v) is 22.4. The smallest absolute Gasteiger partial charge is 0.411 e. The van der Waals surface area contributed by atoms with Crippen LogP contribution in [0, 0.1) is 41.9 Å². The molecule has 4 saturated heterocycles. The lowest BCUT2D eigenvalue weighted by Crippen LogP contribution is -2.59. The first-order chi connectivity index (χ1) is 30.6. The molecule has 2 aromatic rings. The van der Waals surface area contributed by atoms with Crippen LogP contribution >= 0.6 is 11.3 Å². The lowest BCUT2D eigenvalue weighted by atomic mass is 9.53. The molecule has 64 heavy (non-hydrogen) atoms. The first-order valence-corrected chi connectivity index (χ1v) is 24.9. The van der Waals surface area contributed by atoms with Gasteiger partial charge in [0.05, 0.1) is 59.2 Å². The van der Waals surface area contributed by atoms with Gasteiger partial charge >= 0.3 is 12.1 Å². The zero-order valence-electron chi connectivity index (χ0n) is 38.3. The standard InChI is InChI=1S/C50H66N2O11S/c1-28(17-37-27-64-30(3)51-37)40-23-42-48(6,60-42)15-8-10-39-44(29(2)45(54)47(4,5)41(58-39)24-43(53)59-40)56-26-31-11-13-36(14-12-31)52-46(55)57-38-9-7-16-49(25-38)61-50(63-62-49)34-19-32-18-33(21-34)22-35(50)20-32/h11-14,17,27,29,32-35,38-42,44H,7-10,15-16,18-26H2,1-6H3,(H,52,55)/b28-17+/t29-,32?,33?,34?,35?,38?,39+,40+,41+,42+,44-,48-,49-,50?/m1/s1. The van der Waals surface area contributed by atoms with E-state index in [4.69, 9.17) is 38.2 Å². The third-order valence-corrected chi connectivity index (χ3v) is 17.1. The fourth-order valence-corrected chi connectivity index (χ4v) is 13.4. The van der Waals surface area contributed by atoms with Crippen molar-refractivity contribution < 1.29 is 52.6 Å². The van der Waals surface area contributed by atoms with Crippen molar-refractivity contribution in [3.05, 3.63) is 51.5 Å². The molecule has 1 aromatic heterocycles. The molecule has 5 heterocycles. The van der Waals surface area contributed by atoms with Gasteiger partial charge in [0.1, 0.15) is 18.0 Å². The Kier molecular flexibility index (Phi) is 11.9. The van der Waals surface area contributed by atoms with Gasteiger partial charge in [-0.1, -0.05) is 32.9 Å². The number of thiazole rings is 1. The van der Waals surface area contributed by atoms with Crippen LogP contribution < -0.4 is 5.32 Å². The van der Waals surface area contributed by atoms with E-state index in [1.807, 2.05) is 70.3 Å². The number of Topliss-reactive ketones (excluding diaryl/α,β-unsaturated/α-hetero) is 1. The number of aryl methyl sites for hydroxylation is 1. The van der Waals surface area contributed by atoms with E-state index in [9.17, 15) is 14.4 Å². The highest BCUT2D eigenvalue weighted by atomic mass is 32.1. The molecule has 1 aromatic carbocycles. The Morgan fingerprint density at radius 3 is 2.41 bits per heavy atom. The van der Waals surface area contributed by atoms with Crippen molar-refractivity contribution >= 4 is 40.9 Å². The van der Waals surface area contributed by atoms with E-state index in [0.717, 1.165) is 91.5 Å². The Bertz CT molecular complexity index is 2090. The summed E-state index contributed by atoms with van der Waals surface area (Å²) < 4.78 is 38.8. The number of nitrogens with one attached hydrogen (secondary N) is 1. The zero-order valence-corrected chi connectivity index (χ0v) is 39.1. The number of aromatic nitrogens is 1. The van der Waals surface area contributed by atoms with Gasteiger partial charge in [0.15, 0.2) is 0 Å². The SMILES string of the molecule is C/C(=C\c1csc(C)n1)[C@@H]1C[C@@H]2O[C@]2(C)CCC[C@@H]2O[C@@H](CC(=O)O1)C(C)(C)C(=O)[C@H](C)[C@H]2OCc1ccc(NC(=O)OC2CCC[C@]3(C2)OOC2(O3)C3CC4CC(C3)CC2C4)cc1. The van der Waals surface area contributed by atoms with Crippen molar-refractivity contribution in [3.8, 4) is 0 Å². The van der Waals surface area contributed by atoms with Crippen LogP contribution in [0.25, 0.3) is 6.08 Å². The third-order valence-electron chi connectivity index (χ3n) is 16.3. The summed E-state index contributed by atoms with van der Waals surface area (Å²) in [7, 11) is 0. The van der Waals surface area contributed by atoms with Crippen molar-refractivity contribution in [1.82, 2.24) is 4.98 Å². The molecule has 4 aliphatic heterocycles. The summed E-state index contributed by atoms with van der Waals surface area (Å²) in [6.45, 7) is 11.9. The Hall–Kier alpha value is -3.24. The molecule has 9 aliphatic rings. The van der Waals surface area contributed by atoms with E-state index in [0.29, 0.717) is 36.8 Å². The number of hydrogen-bond donors (Lipinski definition) is 1. The summed E-state index contributed by atoms with van der Waals surface area (Å²) in [5.74, 6) is -0.130. The van der Waals surface area contributed by atoms with Crippen molar-refractivity contribution in [2.45, 2.75) is 192 Å². The van der Waals surface area contributed by atoms with Crippen LogP contribution in [0.4, 0.5) is 10.5 Å². The van der Waals surface area contributed by atoms with Gasteiger partial charge < -0.3 is 28.4 Å². The lowest BCUT2D eigenvalue weighted by molar-refractivity contribution is -0.390. The quantitative estimate of drug-likeness (QED) is 0.160. The fourth-order valence-electron chi connectivity index (χ4n) is 12.8. The molecule has 1 N–H and O–H groups in total. The van der Waals surface area contributed by atoms with Gasteiger partial charge in [0.25, 0.3) is 0 Å². The first kappa shape index (κ1) is 44.6. The molecule has 6 bridgehead atoms.